The van der Waals surface area contributed by atoms with Crippen molar-refractivity contribution < 1.29 is 0 Å². The maximum atomic E-state index is 9.41. The minimum atomic E-state index is 0.453. The highest BCUT2D eigenvalue weighted by Crippen LogP contribution is 2.37. The first-order valence-electron chi connectivity index (χ1n) is 9.20. The van der Waals surface area contributed by atoms with E-state index in [0.29, 0.717) is 17.3 Å². The molecule has 29 heavy (non-hydrogen) atoms. The molecule has 1 heterocycles. The Balaban J connectivity index is 1.61. The summed E-state index contributed by atoms with van der Waals surface area (Å²) in [5, 5.41) is 24.8. The minimum absolute atomic E-state index is 0.453. The second-order valence-corrected chi connectivity index (χ2v) is 6.87. The molecular weight excluding hydrogens is 360 g/mol. The van der Waals surface area contributed by atoms with Gasteiger partial charge in [-0.3, -0.25) is 0 Å². The predicted molar refractivity (Wildman–Crippen MR) is 113 cm³/mol. The number of anilines is 4. The van der Waals surface area contributed by atoms with Gasteiger partial charge in [0, 0.05) is 23.1 Å². The number of aromatic nitrogens is 2. The van der Waals surface area contributed by atoms with E-state index >= 15 is 0 Å². The van der Waals surface area contributed by atoms with E-state index < -0.39 is 0 Å². The number of hydrogen-bond donors (Lipinski definition) is 2. The molecule has 0 amide bonds. The van der Waals surface area contributed by atoms with Crippen LogP contribution in [0.25, 0.3) is 5.57 Å². The topological polar surface area (TPSA) is 97.4 Å². The number of nitrogens with zero attached hydrogens (tertiary/aromatic N) is 4. The Morgan fingerprint density at radius 2 is 1.79 bits per heavy atom. The van der Waals surface area contributed by atoms with E-state index in [1.54, 1.807) is 24.4 Å². The number of nitrogens with one attached hydrogen (secondary N) is 2. The van der Waals surface area contributed by atoms with E-state index in [4.69, 9.17) is 5.26 Å². The third kappa shape index (κ3) is 3.52. The Morgan fingerprint density at radius 3 is 2.52 bits per heavy atom. The summed E-state index contributed by atoms with van der Waals surface area (Å²) in [4.78, 5) is 8.81. The van der Waals surface area contributed by atoms with Gasteiger partial charge >= 0.3 is 0 Å². The van der Waals surface area contributed by atoms with E-state index in [0.717, 1.165) is 40.1 Å². The van der Waals surface area contributed by atoms with Crippen molar-refractivity contribution in [2.75, 3.05) is 10.6 Å². The van der Waals surface area contributed by atoms with Gasteiger partial charge in [0.2, 0.25) is 5.95 Å². The summed E-state index contributed by atoms with van der Waals surface area (Å²) >= 11 is 0. The van der Waals surface area contributed by atoms with Crippen molar-refractivity contribution >= 4 is 28.7 Å². The van der Waals surface area contributed by atoms with Gasteiger partial charge in [-0.25, -0.2) is 4.98 Å². The smallest absolute Gasteiger partial charge is 0.229 e. The molecule has 1 aliphatic carbocycles. The lowest BCUT2D eigenvalue weighted by Gasteiger charge is -2.17. The van der Waals surface area contributed by atoms with Gasteiger partial charge in [-0.1, -0.05) is 12.1 Å². The zero-order valence-corrected chi connectivity index (χ0v) is 16.1. The second-order valence-electron chi connectivity index (χ2n) is 6.87. The van der Waals surface area contributed by atoms with Gasteiger partial charge < -0.3 is 10.6 Å². The molecule has 0 saturated heterocycles. The van der Waals surface area contributed by atoms with E-state index in [-0.39, 0.29) is 0 Å². The van der Waals surface area contributed by atoms with Gasteiger partial charge in [-0.05, 0) is 67.3 Å². The highest BCUT2D eigenvalue weighted by Gasteiger charge is 2.20. The van der Waals surface area contributed by atoms with Crippen molar-refractivity contribution in [1.29, 1.82) is 10.5 Å². The predicted octanol–water partition coefficient (Wildman–Crippen LogP) is 4.92. The van der Waals surface area contributed by atoms with Crippen LogP contribution in [0.4, 0.5) is 23.1 Å². The molecule has 0 atom stereocenters. The van der Waals surface area contributed by atoms with Gasteiger partial charge in [-0.15, -0.1) is 0 Å². The maximum Gasteiger partial charge on any atom is 0.229 e. The monoisotopic (exact) mass is 378 g/mol. The molecule has 0 spiro atoms. The van der Waals surface area contributed by atoms with Crippen LogP contribution in [0, 0.1) is 36.5 Å². The molecular formula is C23H18N6. The van der Waals surface area contributed by atoms with Crippen LogP contribution in [0.15, 0.2) is 48.7 Å². The Kier molecular flexibility index (Phi) is 4.68. The van der Waals surface area contributed by atoms with Crippen molar-refractivity contribution in [2.24, 2.45) is 0 Å². The van der Waals surface area contributed by atoms with Crippen LogP contribution in [0.1, 0.15) is 27.8 Å². The highest BCUT2D eigenvalue weighted by atomic mass is 15.1. The van der Waals surface area contributed by atoms with Gasteiger partial charge in [0.15, 0.2) is 0 Å². The Bertz CT molecular complexity index is 1210. The lowest BCUT2D eigenvalue weighted by atomic mass is 9.95. The molecule has 2 aromatic carbocycles. The molecule has 140 valence electrons. The number of rotatable bonds is 4. The molecule has 1 aromatic heterocycles. The van der Waals surface area contributed by atoms with Gasteiger partial charge in [0.05, 0.1) is 23.3 Å². The van der Waals surface area contributed by atoms with Crippen LogP contribution >= 0.6 is 0 Å². The summed E-state index contributed by atoms with van der Waals surface area (Å²) in [6.07, 6.45) is 4.46. The largest absolute Gasteiger partial charge is 0.340 e. The van der Waals surface area contributed by atoms with Crippen LogP contribution in [-0.2, 0) is 6.42 Å². The van der Waals surface area contributed by atoms with Crippen molar-refractivity contribution in [1.82, 2.24) is 9.97 Å². The number of aryl methyl sites for hydroxylation is 1. The first-order chi connectivity index (χ1) is 14.1. The zero-order valence-electron chi connectivity index (χ0n) is 16.1. The highest BCUT2D eigenvalue weighted by molar-refractivity contribution is 5.87. The molecule has 0 aliphatic heterocycles. The summed E-state index contributed by atoms with van der Waals surface area (Å²) in [6.45, 7) is 4.08. The number of allylic oxidation sites excluding steroid dienone is 2. The standard InChI is InChI=1S/C23H18N6/c1-14-11-17-5-6-18(13-25)21(17)15(2)22(14)28-20-9-10-26-23(29-20)27-19-7-3-16(12-24)4-8-19/h3-4,6-11H,5H2,1-2H3,(H2,26,27,28,29). The number of nitriles is 2. The molecule has 3 aromatic rings. The van der Waals surface area contributed by atoms with E-state index in [1.165, 1.54) is 5.56 Å². The van der Waals surface area contributed by atoms with Crippen molar-refractivity contribution in [2.45, 2.75) is 20.3 Å². The summed E-state index contributed by atoms with van der Waals surface area (Å²) in [6, 6.07) is 15.4. The zero-order chi connectivity index (χ0) is 20.4. The molecule has 0 bridgehead atoms. The number of benzene rings is 2. The molecule has 0 unspecified atom stereocenters. The number of fused-ring (bicyclic) bond motifs is 1. The molecule has 0 radical (unpaired) electrons. The Hall–Kier alpha value is -4.16. The minimum Gasteiger partial charge on any atom is -0.340 e. The second kappa shape index (κ2) is 7.46. The quantitative estimate of drug-likeness (QED) is 0.669. The molecule has 0 fully saturated rings. The van der Waals surface area contributed by atoms with Crippen LogP contribution in [-0.4, -0.2) is 9.97 Å². The van der Waals surface area contributed by atoms with Crippen LogP contribution in [0.3, 0.4) is 0 Å². The van der Waals surface area contributed by atoms with Crippen molar-refractivity contribution in [3.8, 4) is 12.1 Å². The molecule has 6 heteroatoms. The maximum absolute atomic E-state index is 9.41. The van der Waals surface area contributed by atoms with Gasteiger partial charge in [0.25, 0.3) is 0 Å². The third-order valence-electron chi connectivity index (χ3n) is 4.95. The first kappa shape index (κ1) is 18.2. The summed E-state index contributed by atoms with van der Waals surface area (Å²) in [5.41, 5.74) is 7.44. The number of hydrogen-bond acceptors (Lipinski definition) is 6. The first-order valence-corrected chi connectivity index (χ1v) is 9.20. The fourth-order valence-corrected chi connectivity index (χ4v) is 3.59. The van der Waals surface area contributed by atoms with Crippen LogP contribution in [0.5, 0.6) is 0 Å². The molecule has 6 nitrogen and oxygen atoms in total. The van der Waals surface area contributed by atoms with E-state index in [2.05, 4.69) is 45.7 Å². The van der Waals surface area contributed by atoms with Crippen molar-refractivity contribution in [3.05, 3.63) is 76.5 Å². The summed E-state index contributed by atoms with van der Waals surface area (Å²) < 4.78 is 0. The van der Waals surface area contributed by atoms with Gasteiger partial charge in [-0.2, -0.15) is 15.5 Å². The van der Waals surface area contributed by atoms with E-state index in [1.807, 2.05) is 25.1 Å². The van der Waals surface area contributed by atoms with E-state index in [9.17, 15) is 5.26 Å². The van der Waals surface area contributed by atoms with Crippen molar-refractivity contribution in [3.63, 3.8) is 0 Å². The summed E-state index contributed by atoms with van der Waals surface area (Å²) in [7, 11) is 0. The molecule has 1 aliphatic rings. The van der Waals surface area contributed by atoms with Crippen LogP contribution in [0.2, 0.25) is 0 Å². The average Bonchev–Trinajstić information content (AvgIpc) is 3.15. The molecule has 2 N–H and O–H groups in total. The molecule has 0 saturated carbocycles. The average molecular weight is 378 g/mol. The SMILES string of the molecule is Cc1cc2c(c(C)c1Nc1ccnc(Nc3ccc(C#N)cc3)n1)C(C#N)=CC2. The lowest BCUT2D eigenvalue weighted by Crippen LogP contribution is -2.04. The van der Waals surface area contributed by atoms with Gasteiger partial charge in [0.1, 0.15) is 5.82 Å². The molecule has 4 rings (SSSR count). The summed E-state index contributed by atoms with van der Waals surface area (Å²) in [5.74, 6) is 1.11. The Labute approximate surface area is 169 Å². The lowest BCUT2D eigenvalue weighted by molar-refractivity contribution is 1.16. The van der Waals surface area contributed by atoms with Crippen LogP contribution < -0.4 is 10.6 Å². The fourth-order valence-electron chi connectivity index (χ4n) is 3.59. The Morgan fingerprint density at radius 1 is 1.00 bits per heavy atom. The normalized spacial score (nSPS) is 11.8. The third-order valence-corrected chi connectivity index (χ3v) is 4.95. The fraction of sp³-hybridized carbons (Fsp3) is 0.130.